The van der Waals surface area contributed by atoms with Gasteiger partial charge in [-0.2, -0.15) is 0 Å². The highest BCUT2D eigenvalue weighted by atomic mass is 16.5. The van der Waals surface area contributed by atoms with Gasteiger partial charge in [-0.15, -0.1) is 0 Å². The molecule has 0 radical (unpaired) electrons. The summed E-state index contributed by atoms with van der Waals surface area (Å²) in [6.07, 6.45) is 0.718. The van der Waals surface area contributed by atoms with Gasteiger partial charge in [0.2, 0.25) is 5.75 Å². The van der Waals surface area contributed by atoms with Crippen LogP contribution in [0.1, 0.15) is 19.4 Å². The minimum Gasteiger partial charge on any atom is -0.507 e. The number of aromatic hydroxyl groups is 1. The van der Waals surface area contributed by atoms with Crippen molar-refractivity contribution in [3.8, 4) is 23.0 Å². The highest BCUT2D eigenvalue weighted by Gasteiger charge is 2.20. The molecule has 1 aromatic rings. The van der Waals surface area contributed by atoms with Gasteiger partial charge < -0.3 is 19.3 Å². The molecule has 0 unspecified atom stereocenters. The van der Waals surface area contributed by atoms with Gasteiger partial charge in [-0.3, -0.25) is 0 Å². The first kappa shape index (κ1) is 13.5. The van der Waals surface area contributed by atoms with Crippen LogP contribution < -0.4 is 14.2 Å². The maximum atomic E-state index is 9.99. The highest BCUT2D eigenvalue weighted by molar-refractivity contribution is 5.61. The van der Waals surface area contributed by atoms with Crippen LogP contribution >= 0.6 is 0 Å². The number of hydrogen-bond acceptors (Lipinski definition) is 4. The molecule has 0 heterocycles. The van der Waals surface area contributed by atoms with E-state index in [2.05, 4.69) is 13.8 Å². The molecule has 0 aliphatic carbocycles. The summed E-state index contributed by atoms with van der Waals surface area (Å²) in [5.74, 6) is 2.11. The zero-order valence-corrected chi connectivity index (χ0v) is 11.0. The van der Waals surface area contributed by atoms with Crippen molar-refractivity contribution >= 4 is 0 Å². The molecule has 0 spiro atoms. The van der Waals surface area contributed by atoms with E-state index in [-0.39, 0.29) is 5.75 Å². The Morgan fingerprint density at radius 2 is 1.65 bits per heavy atom. The number of rotatable bonds is 5. The fraction of sp³-hybridized carbons (Fsp3) is 0.538. The molecule has 0 bridgehead atoms. The van der Waals surface area contributed by atoms with Crippen LogP contribution in [0.4, 0.5) is 0 Å². The molecule has 0 saturated carbocycles. The lowest BCUT2D eigenvalue weighted by molar-refractivity contribution is 0.316. The molecule has 4 heteroatoms. The largest absolute Gasteiger partial charge is 0.507 e. The van der Waals surface area contributed by atoms with Gasteiger partial charge in [-0.25, -0.2) is 0 Å². The molecule has 0 fully saturated rings. The van der Waals surface area contributed by atoms with E-state index >= 15 is 0 Å². The van der Waals surface area contributed by atoms with E-state index < -0.39 is 0 Å². The first-order chi connectivity index (χ1) is 8.04. The van der Waals surface area contributed by atoms with Crippen LogP contribution in [0.2, 0.25) is 0 Å². The van der Waals surface area contributed by atoms with Gasteiger partial charge in [0.1, 0.15) is 5.75 Å². The predicted octanol–water partition coefficient (Wildman–Crippen LogP) is 2.62. The van der Waals surface area contributed by atoms with Crippen LogP contribution in [-0.4, -0.2) is 26.4 Å². The molecule has 0 aromatic heterocycles. The normalized spacial score (nSPS) is 10.5. The Morgan fingerprint density at radius 1 is 1.06 bits per heavy atom. The molecular formula is C13H20O4. The lowest BCUT2D eigenvalue weighted by Crippen LogP contribution is -2.02. The van der Waals surface area contributed by atoms with E-state index in [1.165, 1.54) is 7.11 Å². The average molecular weight is 240 g/mol. The molecule has 0 aliphatic rings. The van der Waals surface area contributed by atoms with Crippen molar-refractivity contribution in [2.45, 2.75) is 20.3 Å². The molecule has 4 nitrogen and oxygen atoms in total. The molecule has 96 valence electrons. The van der Waals surface area contributed by atoms with Crippen molar-refractivity contribution in [1.82, 2.24) is 0 Å². The lowest BCUT2D eigenvalue weighted by atomic mass is 10.00. The van der Waals surface area contributed by atoms with Crippen molar-refractivity contribution in [2.24, 2.45) is 5.92 Å². The van der Waals surface area contributed by atoms with Crippen LogP contribution in [0.15, 0.2) is 6.07 Å². The quantitative estimate of drug-likeness (QED) is 0.859. The molecule has 0 aliphatic heterocycles. The van der Waals surface area contributed by atoms with Crippen molar-refractivity contribution in [1.29, 1.82) is 0 Å². The van der Waals surface area contributed by atoms with Crippen molar-refractivity contribution in [3.05, 3.63) is 11.6 Å². The van der Waals surface area contributed by atoms with Crippen molar-refractivity contribution in [2.75, 3.05) is 21.3 Å². The smallest absolute Gasteiger partial charge is 0.203 e. The summed E-state index contributed by atoms with van der Waals surface area (Å²) in [7, 11) is 4.63. The molecule has 17 heavy (non-hydrogen) atoms. The maximum Gasteiger partial charge on any atom is 0.203 e. The summed E-state index contributed by atoms with van der Waals surface area (Å²) in [6, 6.07) is 1.55. The summed E-state index contributed by atoms with van der Waals surface area (Å²) in [4.78, 5) is 0. The standard InChI is InChI=1S/C13H20O4/c1-8(2)6-9-10(14)7-11(15-3)13(17-5)12(9)16-4/h7-8,14H,6H2,1-5H3. The highest BCUT2D eigenvalue weighted by Crippen LogP contribution is 2.45. The monoisotopic (exact) mass is 240 g/mol. The number of benzene rings is 1. The Labute approximate surface area is 102 Å². The van der Waals surface area contributed by atoms with Gasteiger partial charge in [0, 0.05) is 11.6 Å². The van der Waals surface area contributed by atoms with E-state index in [1.54, 1.807) is 20.3 Å². The van der Waals surface area contributed by atoms with E-state index in [0.29, 0.717) is 23.2 Å². The van der Waals surface area contributed by atoms with Crippen LogP contribution in [-0.2, 0) is 6.42 Å². The Morgan fingerprint density at radius 3 is 2.06 bits per heavy atom. The van der Waals surface area contributed by atoms with E-state index in [0.717, 1.165) is 12.0 Å². The zero-order valence-electron chi connectivity index (χ0n) is 11.0. The van der Waals surface area contributed by atoms with Gasteiger partial charge in [-0.1, -0.05) is 13.8 Å². The Hall–Kier alpha value is -1.58. The average Bonchev–Trinajstić information content (AvgIpc) is 2.30. The topological polar surface area (TPSA) is 47.9 Å². The predicted molar refractivity (Wildman–Crippen MR) is 66.3 cm³/mol. The SMILES string of the molecule is COc1cc(O)c(CC(C)C)c(OC)c1OC. The summed E-state index contributed by atoms with van der Waals surface area (Å²) in [5.41, 5.74) is 0.750. The molecule has 1 aromatic carbocycles. The molecule has 0 amide bonds. The summed E-state index contributed by atoms with van der Waals surface area (Å²) in [6.45, 7) is 4.16. The minimum atomic E-state index is 0.174. The van der Waals surface area contributed by atoms with E-state index in [9.17, 15) is 5.11 Å². The first-order valence-electron chi connectivity index (χ1n) is 5.55. The van der Waals surface area contributed by atoms with Crippen LogP contribution in [0, 0.1) is 5.92 Å². The summed E-state index contributed by atoms with van der Waals surface area (Å²) >= 11 is 0. The fourth-order valence-electron chi connectivity index (χ4n) is 1.81. The number of hydrogen-bond donors (Lipinski definition) is 1. The molecule has 1 N–H and O–H groups in total. The van der Waals surface area contributed by atoms with Gasteiger partial charge in [0.05, 0.1) is 21.3 Å². The molecule has 1 rings (SSSR count). The third-order valence-corrected chi connectivity index (χ3v) is 2.52. The van der Waals surface area contributed by atoms with Crippen molar-refractivity contribution in [3.63, 3.8) is 0 Å². The Balaban J connectivity index is 3.38. The summed E-state index contributed by atoms with van der Waals surface area (Å²) < 4.78 is 15.8. The lowest BCUT2D eigenvalue weighted by Gasteiger charge is -2.18. The van der Waals surface area contributed by atoms with Gasteiger partial charge in [-0.05, 0) is 12.3 Å². The molecule has 0 saturated heterocycles. The van der Waals surface area contributed by atoms with Crippen molar-refractivity contribution < 1.29 is 19.3 Å². The molecular weight excluding hydrogens is 220 g/mol. The number of phenols is 1. The fourth-order valence-corrected chi connectivity index (χ4v) is 1.81. The van der Waals surface area contributed by atoms with Gasteiger partial charge >= 0.3 is 0 Å². The number of methoxy groups -OCH3 is 3. The maximum absolute atomic E-state index is 9.99. The Kier molecular flexibility index (Phi) is 4.49. The Bertz CT molecular complexity index is 385. The van der Waals surface area contributed by atoms with Crippen LogP contribution in [0.5, 0.6) is 23.0 Å². The van der Waals surface area contributed by atoms with Crippen LogP contribution in [0.3, 0.4) is 0 Å². The number of phenolic OH excluding ortho intramolecular Hbond substituents is 1. The third kappa shape index (κ3) is 2.75. The minimum absolute atomic E-state index is 0.174. The second kappa shape index (κ2) is 5.66. The second-order valence-electron chi connectivity index (χ2n) is 4.24. The number of ether oxygens (including phenoxy) is 3. The first-order valence-corrected chi connectivity index (χ1v) is 5.55. The third-order valence-electron chi connectivity index (χ3n) is 2.52. The van der Waals surface area contributed by atoms with E-state index in [4.69, 9.17) is 14.2 Å². The molecule has 0 atom stereocenters. The second-order valence-corrected chi connectivity index (χ2v) is 4.24. The van der Waals surface area contributed by atoms with Crippen LogP contribution in [0.25, 0.3) is 0 Å². The zero-order chi connectivity index (χ0) is 13.0. The van der Waals surface area contributed by atoms with Gasteiger partial charge in [0.15, 0.2) is 11.5 Å². The van der Waals surface area contributed by atoms with Gasteiger partial charge in [0.25, 0.3) is 0 Å². The summed E-state index contributed by atoms with van der Waals surface area (Å²) in [5, 5.41) is 9.99. The van der Waals surface area contributed by atoms with E-state index in [1.807, 2.05) is 0 Å².